The Bertz CT molecular complexity index is 581. The normalized spacial score (nSPS) is 21.3. The van der Waals surface area contributed by atoms with Crippen LogP contribution < -0.4 is 5.32 Å². The molecule has 0 spiro atoms. The molecule has 4 nitrogen and oxygen atoms in total. The monoisotopic (exact) mass is 298 g/mol. The molecule has 0 radical (unpaired) electrons. The standard InChI is InChI=1S/C14H19FN2O2S/c15-11-2-1-3-14(10-11)20(18,19)17(12-4-5-12)13-6-8-16-9-7-13/h1-3,10,12-13,16H,4-9H2. The molecule has 1 saturated heterocycles. The minimum atomic E-state index is -3.59. The van der Waals surface area contributed by atoms with Crippen molar-refractivity contribution in [3.8, 4) is 0 Å². The third kappa shape index (κ3) is 2.73. The molecule has 1 N–H and O–H groups in total. The van der Waals surface area contributed by atoms with Gasteiger partial charge in [0.05, 0.1) is 4.90 Å². The molecule has 2 fully saturated rings. The molecule has 0 bridgehead atoms. The number of benzene rings is 1. The minimum absolute atomic E-state index is 0.0389. The molecule has 0 unspecified atom stereocenters. The number of nitrogens with one attached hydrogen (secondary N) is 1. The number of halogens is 1. The van der Waals surface area contributed by atoms with Gasteiger partial charge in [-0.1, -0.05) is 6.07 Å². The first-order valence-electron chi connectivity index (χ1n) is 7.09. The molecule has 20 heavy (non-hydrogen) atoms. The number of sulfonamides is 1. The van der Waals surface area contributed by atoms with E-state index >= 15 is 0 Å². The molecule has 110 valence electrons. The Labute approximate surface area is 119 Å². The van der Waals surface area contributed by atoms with Gasteiger partial charge in [0.2, 0.25) is 10.0 Å². The fraction of sp³-hybridized carbons (Fsp3) is 0.571. The summed E-state index contributed by atoms with van der Waals surface area (Å²) in [5, 5.41) is 3.25. The zero-order valence-electron chi connectivity index (χ0n) is 11.3. The predicted octanol–water partition coefficient (Wildman–Crippen LogP) is 1.73. The van der Waals surface area contributed by atoms with E-state index in [1.165, 1.54) is 18.2 Å². The average Bonchev–Trinajstić information content (AvgIpc) is 3.24. The molecule has 6 heteroatoms. The molecule has 1 aliphatic heterocycles. The number of piperidine rings is 1. The quantitative estimate of drug-likeness (QED) is 0.921. The lowest BCUT2D eigenvalue weighted by Crippen LogP contribution is -2.47. The van der Waals surface area contributed by atoms with Gasteiger partial charge in [-0.05, 0) is 57.0 Å². The maximum absolute atomic E-state index is 13.3. The zero-order chi connectivity index (χ0) is 14.2. The highest BCUT2D eigenvalue weighted by Crippen LogP contribution is 2.36. The summed E-state index contributed by atoms with van der Waals surface area (Å²) in [4.78, 5) is 0.0722. The van der Waals surface area contributed by atoms with Crippen molar-refractivity contribution in [1.29, 1.82) is 0 Å². The van der Waals surface area contributed by atoms with Crippen LogP contribution in [0.3, 0.4) is 0 Å². The Kier molecular flexibility index (Phi) is 3.79. The number of hydrogen-bond donors (Lipinski definition) is 1. The van der Waals surface area contributed by atoms with E-state index in [1.54, 1.807) is 4.31 Å². The first-order chi connectivity index (χ1) is 9.59. The second kappa shape index (κ2) is 5.42. The molecule has 1 aromatic carbocycles. The van der Waals surface area contributed by atoms with Gasteiger partial charge >= 0.3 is 0 Å². The van der Waals surface area contributed by atoms with Gasteiger partial charge in [-0.25, -0.2) is 12.8 Å². The SMILES string of the molecule is O=S(=O)(c1cccc(F)c1)N(C1CCNCC1)C1CC1. The summed E-state index contributed by atoms with van der Waals surface area (Å²) in [6.45, 7) is 1.68. The van der Waals surface area contributed by atoms with Crippen molar-refractivity contribution in [3.05, 3.63) is 30.1 Å². The van der Waals surface area contributed by atoms with Crippen molar-refractivity contribution in [3.63, 3.8) is 0 Å². The molecule has 3 rings (SSSR count). The van der Waals surface area contributed by atoms with Crippen LogP contribution in [-0.2, 0) is 10.0 Å². The smallest absolute Gasteiger partial charge is 0.243 e. The number of rotatable bonds is 4. The summed E-state index contributed by atoms with van der Waals surface area (Å²) < 4.78 is 40.6. The van der Waals surface area contributed by atoms with Gasteiger partial charge in [-0.2, -0.15) is 4.31 Å². The Balaban J connectivity index is 1.93. The Hall–Kier alpha value is -0.980. The van der Waals surface area contributed by atoms with Crippen LogP contribution in [0.5, 0.6) is 0 Å². The van der Waals surface area contributed by atoms with Gasteiger partial charge in [0, 0.05) is 12.1 Å². The fourth-order valence-electron chi connectivity index (χ4n) is 2.83. The average molecular weight is 298 g/mol. The lowest BCUT2D eigenvalue weighted by Gasteiger charge is -2.33. The van der Waals surface area contributed by atoms with Crippen molar-refractivity contribution < 1.29 is 12.8 Å². The molecular weight excluding hydrogens is 279 g/mol. The lowest BCUT2D eigenvalue weighted by atomic mass is 10.1. The van der Waals surface area contributed by atoms with Crippen LogP contribution in [0.4, 0.5) is 4.39 Å². The summed E-state index contributed by atoms with van der Waals surface area (Å²) >= 11 is 0. The highest BCUT2D eigenvalue weighted by Gasteiger charge is 2.42. The van der Waals surface area contributed by atoms with E-state index in [0.717, 1.165) is 44.8 Å². The third-order valence-corrected chi connectivity index (χ3v) is 5.95. The summed E-state index contributed by atoms with van der Waals surface area (Å²) in [7, 11) is -3.59. The Morgan fingerprint density at radius 3 is 2.35 bits per heavy atom. The molecule has 2 aliphatic rings. The van der Waals surface area contributed by atoms with Crippen molar-refractivity contribution in [2.45, 2.75) is 42.7 Å². The van der Waals surface area contributed by atoms with E-state index in [-0.39, 0.29) is 17.0 Å². The van der Waals surface area contributed by atoms with E-state index < -0.39 is 15.8 Å². The van der Waals surface area contributed by atoms with Crippen molar-refractivity contribution in [2.75, 3.05) is 13.1 Å². The summed E-state index contributed by atoms with van der Waals surface area (Å²) in [5.41, 5.74) is 0. The molecule has 1 aliphatic carbocycles. The van der Waals surface area contributed by atoms with Gasteiger partial charge in [0.15, 0.2) is 0 Å². The summed E-state index contributed by atoms with van der Waals surface area (Å²) in [6, 6.07) is 5.46. The van der Waals surface area contributed by atoms with Gasteiger partial charge in [-0.3, -0.25) is 0 Å². The summed E-state index contributed by atoms with van der Waals surface area (Å²) in [6.07, 6.45) is 3.48. The van der Waals surface area contributed by atoms with Crippen molar-refractivity contribution in [1.82, 2.24) is 9.62 Å². The van der Waals surface area contributed by atoms with Crippen LogP contribution in [-0.4, -0.2) is 37.9 Å². The van der Waals surface area contributed by atoms with Crippen LogP contribution >= 0.6 is 0 Å². The van der Waals surface area contributed by atoms with Crippen molar-refractivity contribution >= 4 is 10.0 Å². The maximum Gasteiger partial charge on any atom is 0.243 e. The molecule has 1 saturated carbocycles. The second-order valence-electron chi connectivity index (χ2n) is 5.50. The Morgan fingerprint density at radius 1 is 1.10 bits per heavy atom. The van der Waals surface area contributed by atoms with Crippen LogP contribution in [0.25, 0.3) is 0 Å². The van der Waals surface area contributed by atoms with Crippen molar-refractivity contribution in [2.24, 2.45) is 0 Å². The van der Waals surface area contributed by atoms with Crippen LogP contribution in [0.2, 0.25) is 0 Å². The zero-order valence-corrected chi connectivity index (χ0v) is 12.1. The topological polar surface area (TPSA) is 49.4 Å². The first kappa shape index (κ1) is 14.0. The first-order valence-corrected chi connectivity index (χ1v) is 8.53. The number of hydrogen-bond acceptors (Lipinski definition) is 3. The minimum Gasteiger partial charge on any atom is -0.317 e. The highest BCUT2D eigenvalue weighted by atomic mass is 32.2. The van der Waals surface area contributed by atoms with Gasteiger partial charge in [0.1, 0.15) is 5.82 Å². The van der Waals surface area contributed by atoms with Gasteiger partial charge < -0.3 is 5.32 Å². The Morgan fingerprint density at radius 2 is 1.75 bits per heavy atom. The third-order valence-electron chi connectivity index (χ3n) is 3.95. The van der Waals surface area contributed by atoms with E-state index in [4.69, 9.17) is 0 Å². The molecule has 1 heterocycles. The molecule has 1 aromatic rings. The fourth-order valence-corrected chi connectivity index (χ4v) is 4.79. The van der Waals surface area contributed by atoms with Gasteiger partial charge in [-0.15, -0.1) is 0 Å². The van der Waals surface area contributed by atoms with Crippen LogP contribution in [0, 0.1) is 5.82 Å². The largest absolute Gasteiger partial charge is 0.317 e. The molecule has 0 aromatic heterocycles. The predicted molar refractivity (Wildman–Crippen MR) is 74.3 cm³/mol. The van der Waals surface area contributed by atoms with E-state index in [9.17, 15) is 12.8 Å². The van der Waals surface area contributed by atoms with E-state index in [2.05, 4.69) is 5.32 Å². The molecule has 0 amide bonds. The van der Waals surface area contributed by atoms with Gasteiger partial charge in [0.25, 0.3) is 0 Å². The number of nitrogens with zero attached hydrogens (tertiary/aromatic N) is 1. The highest BCUT2D eigenvalue weighted by molar-refractivity contribution is 7.89. The second-order valence-corrected chi connectivity index (χ2v) is 7.35. The van der Waals surface area contributed by atoms with E-state index in [0.29, 0.717) is 0 Å². The van der Waals surface area contributed by atoms with Crippen LogP contribution in [0.15, 0.2) is 29.2 Å². The van der Waals surface area contributed by atoms with E-state index in [1.807, 2.05) is 0 Å². The van der Waals surface area contributed by atoms with Crippen LogP contribution in [0.1, 0.15) is 25.7 Å². The lowest BCUT2D eigenvalue weighted by molar-refractivity contribution is 0.255. The maximum atomic E-state index is 13.3. The molecular formula is C14H19FN2O2S. The molecule has 0 atom stereocenters. The summed E-state index contributed by atoms with van der Waals surface area (Å²) in [5.74, 6) is -0.507.